The zero-order chi connectivity index (χ0) is 12.3. The van der Waals surface area contributed by atoms with Gasteiger partial charge in [0.1, 0.15) is 5.75 Å². The number of carboxylic acid groups (broad SMARTS) is 1. The third kappa shape index (κ3) is 2.58. The first-order chi connectivity index (χ1) is 8.20. The molecule has 90 valence electrons. The third-order valence-corrected chi connectivity index (χ3v) is 2.66. The van der Waals surface area contributed by atoms with Gasteiger partial charge in [0.2, 0.25) is 0 Å². The van der Waals surface area contributed by atoms with Gasteiger partial charge in [0.15, 0.2) is 0 Å². The van der Waals surface area contributed by atoms with Crippen molar-refractivity contribution in [2.75, 3.05) is 6.61 Å². The van der Waals surface area contributed by atoms with Gasteiger partial charge in [-0.25, -0.2) is 0 Å². The van der Waals surface area contributed by atoms with Crippen molar-refractivity contribution in [1.29, 1.82) is 0 Å². The summed E-state index contributed by atoms with van der Waals surface area (Å²) < 4.78 is 5.41. The number of benzene rings is 1. The normalized spacial score (nSPS) is 10.6. The lowest BCUT2D eigenvalue weighted by Gasteiger charge is -2.02. The second kappa shape index (κ2) is 4.91. The Morgan fingerprint density at radius 2 is 2.29 bits per heavy atom. The number of hydrogen-bond acceptors (Lipinski definition) is 2. The minimum Gasteiger partial charge on any atom is -0.494 e. The molecule has 0 aliphatic carbocycles. The summed E-state index contributed by atoms with van der Waals surface area (Å²) in [7, 11) is 0. The van der Waals surface area contributed by atoms with Crippen LogP contribution in [0.1, 0.15) is 18.9 Å². The van der Waals surface area contributed by atoms with Crippen LogP contribution < -0.4 is 4.74 Å². The van der Waals surface area contributed by atoms with Crippen LogP contribution in [-0.4, -0.2) is 22.7 Å². The van der Waals surface area contributed by atoms with Gasteiger partial charge in [0.05, 0.1) is 6.61 Å². The van der Waals surface area contributed by atoms with Crippen LogP contribution >= 0.6 is 0 Å². The van der Waals surface area contributed by atoms with Crippen molar-refractivity contribution in [3.63, 3.8) is 0 Å². The summed E-state index contributed by atoms with van der Waals surface area (Å²) in [5, 5.41) is 9.73. The van der Waals surface area contributed by atoms with Gasteiger partial charge in [-0.2, -0.15) is 0 Å². The number of H-pyrrole nitrogens is 1. The number of hydrogen-bond donors (Lipinski definition) is 2. The average Bonchev–Trinajstić information content (AvgIpc) is 2.69. The molecule has 0 saturated heterocycles. The molecule has 1 heterocycles. The zero-order valence-corrected chi connectivity index (χ0v) is 9.69. The van der Waals surface area contributed by atoms with E-state index in [4.69, 9.17) is 9.84 Å². The quantitative estimate of drug-likeness (QED) is 0.834. The molecule has 17 heavy (non-hydrogen) atoms. The van der Waals surface area contributed by atoms with Gasteiger partial charge >= 0.3 is 5.97 Å². The largest absolute Gasteiger partial charge is 0.494 e. The number of carboxylic acids is 1. The van der Waals surface area contributed by atoms with Gasteiger partial charge in [0.25, 0.3) is 0 Å². The summed E-state index contributed by atoms with van der Waals surface area (Å²) in [6.45, 7) is 2.58. The molecule has 1 aromatic carbocycles. The number of aromatic amines is 1. The van der Waals surface area contributed by atoms with Crippen molar-refractivity contribution in [3.8, 4) is 5.75 Å². The van der Waals surface area contributed by atoms with Gasteiger partial charge in [0, 0.05) is 29.6 Å². The number of nitrogens with one attached hydrogen (secondary N) is 1. The predicted octanol–water partition coefficient (Wildman–Crippen LogP) is 2.58. The van der Waals surface area contributed by atoms with Crippen molar-refractivity contribution >= 4 is 16.9 Å². The fourth-order valence-corrected chi connectivity index (χ4v) is 1.87. The molecule has 0 fully saturated rings. The lowest BCUT2D eigenvalue weighted by Crippen LogP contribution is -1.96. The van der Waals surface area contributed by atoms with E-state index >= 15 is 0 Å². The summed E-state index contributed by atoms with van der Waals surface area (Å²) in [5.41, 5.74) is 2.02. The van der Waals surface area contributed by atoms with Crippen LogP contribution in [0.3, 0.4) is 0 Å². The topological polar surface area (TPSA) is 62.3 Å². The maximum atomic E-state index is 10.5. The minimum absolute atomic E-state index is 0.153. The molecule has 0 amide bonds. The first kappa shape index (κ1) is 11.5. The summed E-state index contributed by atoms with van der Waals surface area (Å²) in [6, 6.07) is 5.81. The Bertz CT molecular complexity index is 530. The van der Waals surface area contributed by atoms with Crippen molar-refractivity contribution in [2.24, 2.45) is 0 Å². The number of carbonyl (C=O) groups is 1. The molecule has 2 N–H and O–H groups in total. The van der Waals surface area contributed by atoms with Gasteiger partial charge in [-0.3, -0.25) is 4.79 Å². The second-order valence-electron chi connectivity index (χ2n) is 3.85. The molecular formula is C13H15NO3. The van der Waals surface area contributed by atoms with E-state index in [9.17, 15) is 4.79 Å². The number of aryl methyl sites for hydroxylation is 1. The Kier molecular flexibility index (Phi) is 3.32. The molecular weight excluding hydrogens is 218 g/mol. The first-order valence-electron chi connectivity index (χ1n) is 5.65. The van der Waals surface area contributed by atoms with Crippen LogP contribution in [0.4, 0.5) is 0 Å². The molecule has 2 aromatic rings. The molecule has 0 radical (unpaired) electrons. The maximum Gasteiger partial charge on any atom is 0.303 e. The van der Waals surface area contributed by atoms with Gasteiger partial charge in [-0.1, -0.05) is 0 Å². The highest BCUT2D eigenvalue weighted by Crippen LogP contribution is 2.24. The molecule has 4 heteroatoms. The number of aliphatic carboxylic acids is 1. The SMILES string of the molecule is CCOc1ccc2c(CCC(=O)O)c[nH]c2c1. The van der Waals surface area contributed by atoms with E-state index in [1.165, 1.54) is 0 Å². The number of rotatable bonds is 5. The molecule has 0 saturated carbocycles. The molecule has 0 atom stereocenters. The number of ether oxygens (including phenoxy) is 1. The summed E-state index contributed by atoms with van der Waals surface area (Å²) >= 11 is 0. The standard InChI is InChI=1S/C13H15NO3/c1-2-17-10-4-5-11-9(3-6-13(15)16)8-14-12(11)7-10/h4-5,7-8,14H,2-3,6H2,1H3,(H,15,16). The van der Waals surface area contributed by atoms with Crippen LogP contribution in [0.5, 0.6) is 5.75 Å². The Labute approximate surface area is 99.2 Å². The van der Waals surface area contributed by atoms with Crippen LogP contribution in [0.2, 0.25) is 0 Å². The zero-order valence-electron chi connectivity index (χ0n) is 9.69. The highest BCUT2D eigenvalue weighted by molar-refractivity contribution is 5.85. The molecule has 2 rings (SSSR count). The monoisotopic (exact) mass is 233 g/mol. The lowest BCUT2D eigenvalue weighted by molar-refractivity contribution is -0.136. The van der Waals surface area contributed by atoms with Crippen LogP contribution in [0.25, 0.3) is 10.9 Å². The Balaban J connectivity index is 2.25. The lowest BCUT2D eigenvalue weighted by atomic mass is 10.1. The smallest absolute Gasteiger partial charge is 0.303 e. The molecule has 0 aliphatic rings. The van der Waals surface area contributed by atoms with Crippen LogP contribution in [0, 0.1) is 0 Å². The first-order valence-corrected chi connectivity index (χ1v) is 5.65. The fourth-order valence-electron chi connectivity index (χ4n) is 1.87. The summed E-state index contributed by atoms with van der Waals surface area (Å²) in [6.07, 6.45) is 2.56. The third-order valence-electron chi connectivity index (χ3n) is 2.66. The van der Waals surface area contributed by atoms with E-state index in [-0.39, 0.29) is 6.42 Å². The van der Waals surface area contributed by atoms with E-state index in [0.717, 1.165) is 22.2 Å². The summed E-state index contributed by atoms with van der Waals surface area (Å²) in [5.74, 6) is 0.0527. The predicted molar refractivity (Wildman–Crippen MR) is 65.4 cm³/mol. The van der Waals surface area contributed by atoms with Crippen LogP contribution in [-0.2, 0) is 11.2 Å². The summed E-state index contributed by atoms with van der Waals surface area (Å²) in [4.78, 5) is 13.7. The number of fused-ring (bicyclic) bond motifs is 1. The van der Waals surface area contributed by atoms with E-state index < -0.39 is 5.97 Å². The molecule has 1 aromatic heterocycles. The fraction of sp³-hybridized carbons (Fsp3) is 0.308. The van der Waals surface area contributed by atoms with E-state index in [1.54, 1.807) is 0 Å². The van der Waals surface area contributed by atoms with E-state index in [2.05, 4.69) is 4.98 Å². The van der Waals surface area contributed by atoms with E-state index in [0.29, 0.717) is 13.0 Å². The van der Waals surface area contributed by atoms with E-state index in [1.807, 2.05) is 31.3 Å². The molecule has 0 bridgehead atoms. The Morgan fingerprint density at radius 1 is 1.47 bits per heavy atom. The highest BCUT2D eigenvalue weighted by Gasteiger charge is 2.06. The van der Waals surface area contributed by atoms with Crippen LogP contribution in [0.15, 0.2) is 24.4 Å². The highest BCUT2D eigenvalue weighted by atomic mass is 16.5. The van der Waals surface area contributed by atoms with Gasteiger partial charge in [-0.15, -0.1) is 0 Å². The van der Waals surface area contributed by atoms with Crippen molar-refractivity contribution < 1.29 is 14.6 Å². The Morgan fingerprint density at radius 3 is 3.00 bits per heavy atom. The molecule has 0 spiro atoms. The second-order valence-corrected chi connectivity index (χ2v) is 3.85. The Hall–Kier alpha value is -1.97. The van der Waals surface area contributed by atoms with Crippen molar-refractivity contribution in [2.45, 2.75) is 19.8 Å². The number of aromatic nitrogens is 1. The average molecular weight is 233 g/mol. The van der Waals surface area contributed by atoms with Gasteiger partial charge in [-0.05, 0) is 31.0 Å². The van der Waals surface area contributed by atoms with Gasteiger partial charge < -0.3 is 14.8 Å². The molecule has 4 nitrogen and oxygen atoms in total. The van der Waals surface area contributed by atoms with Crippen molar-refractivity contribution in [3.05, 3.63) is 30.0 Å². The molecule has 0 aliphatic heterocycles. The minimum atomic E-state index is -0.773. The molecule has 0 unspecified atom stereocenters. The maximum absolute atomic E-state index is 10.5. The van der Waals surface area contributed by atoms with Crippen molar-refractivity contribution in [1.82, 2.24) is 4.98 Å².